The van der Waals surface area contributed by atoms with Crippen LogP contribution in [-0.4, -0.2) is 0 Å². The zero-order valence-corrected chi connectivity index (χ0v) is 7.07. The summed E-state index contributed by atoms with van der Waals surface area (Å²) in [6.07, 6.45) is 1.48. The first-order valence-electron chi connectivity index (χ1n) is 3.74. The van der Waals surface area contributed by atoms with Crippen LogP contribution >= 0.6 is 0 Å². The number of para-hydroxylation sites is 1. The van der Waals surface area contributed by atoms with Gasteiger partial charge in [0.2, 0.25) is 0 Å². The summed E-state index contributed by atoms with van der Waals surface area (Å²) in [6, 6.07) is 9.65. The van der Waals surface area contributed by atoms with E-state index in [1.165, 1.54) is 6.20 Å². The summed E-state index contributed by atoms with van der Waals surface area (Å²) < 4.78 is 0. The van der Waals surface area contributed by atoms with Gasteiger partial charge in [-0.25, -0.2) is 5.84 Å². The van der Waals surface area contributed by atoms with E-state index in [-0.39, 0.29) is 0 Å². The minimum atomic E-state index is 0.821. The maximum atomic E-state index is 5.73. The van der Waals surface area contributed by atoms with E-state index in [1.807, 2.05) is 37.3 Å². The van der Waals surface area contributed by atoms with Crippen molar-refractivity contribution in [3.05, 3.63) is 42.2 Å². The fourth-order valence-electron chi connectivity index (χ4n) is 0.873. The highest BCUT2D eigenvalue weighted by Crippen LogP contribution is 2.12. The molecule has 0 spiro atoms. The van der Waals surface area contributed by atoms with Crippen LogP contribution in [0.4, 0.5) is 5.69 Å². The predicted molar refractivity (Wildman–Crippen MR) is 51.1 cm³/mol. The van der Waals surface area contributed by atoms with Gasteiger partial charge in [-0.3, -0.25) is 5.01 Å². The van der Waals surface area contributed by atoms with Crippen molar-refractivity contribution in [1.29, 1.82) is 0 Å². The van der Waals surface area contributed by atoms with Crippen LogP contribution < -0.4 is 16.6 Å². The van der Waals surface area contributed by atoms with Crippen LogP contribution in [0.5, 0.6) is 0 Å². The highest BCUT2D eigenvalue weighted by Gasteiger charge is 2.00. The van der Waals surface area contributed by atoms with E-state index in [2.05, 4.69) is 0 Å². The van der Waals surface area contributed by atoms with Crippen molar-refractivity contribution in [2.45, 2.75) is 6.92 Å². The number of hydrogen-bond acceptors (Lipinski definition) is 3. The zero-order chi connectivity index (χ0) is 8.97. The molecule has 0 saturated carbocycles. The average molecular weight is 163 g/mol. The van der Waals surface area contributed by atoms with Crippen molar-refractivity contribution in [2.75, 3.05) is 5.01 Å². The lowest BCUT2D eigenvalue weighted by Gasteiger charge is -2.18. The Bertz CT molecular complexity index is 266. The second-order valence-electron chi connectivity index (χ2n) is 2.51. The van der Waals surface area contributed by atoms with Crippen LogP contribution in [0.15, 0.2) is 42.2 Å². The molecule has 64 valence electrons. The van der Waals surface area contributed by atoms with Crippen molar-refractivity contribution in [3.63, 3.8) is 0 Å². The molecule has 0 aromatic heterocycles. The molecular weight excluding hydrogens is 150 g/mol. The number of anilines is 1. The van der Waals surface area contributed by atoms with E-state index in [0.717, 1.165) is 11.4 Å². The third kappa shape index (κ3) is 1.77. The van der Waals surface area contributed by atoms with Crippen molar-refractivity contribution < 1.29 is 0 Å². The lowest BCUT2D eigenvalue weighted by atomic mass is 10.3. The number of hydrazine groups is 1. The highest BCUT2D eigenvalue weighted by molar-refractivity contribution is 5.49. The third-order valence-corrected chi connectivity index (χ3v) is 1.66. The number of allylic oxidation sites excluding steroid dienone is 1. The van der Waals surface area contributed by atoms with Gasteiger partial charge >= 0.3 is 0 Å². The molecule has 0 unspecified atom stereocenters. The van der Waals surface area contributed by atoms with Crippen molar-refractivity contribution in [2.24, 2.45) is 11.6 Å². The number of benzene rings is 1. The van der Waals surface area contributed by atoms with Crippen molar-refractivity contribution >= 4 is 5.69 Å². The van der Waals surface area contributed by atoms with Gasteiger partial charge < -0.3 is 5.73 Å². The Morgan fingerprint density at radius 1 is 1.33 bits per heavy atom. The summed E-state index contributed by atoms with van der Waals surface area (Å²) in [4.78, 5) is 0. The number of rotatable bonds is 2. The SMILES string of the molecule is C/C(=C/N)N(N)c1ccccc1. The summed E-state index contributed by atoms with van der Waals surface area (Å²) >= 11 is 0. The van der Waals surface area contributed by atoms with Gasteiger partial charge in [0.05, 0.1) is 5.69 Å². The van der Waals surface area contributed by atoms with E-state index < -0.39 is 0 Å². The molecule has 0 amide bonds. The van der Waals surface area contributed by atoms with Gasteiger partial charge in [0.25, 0.3) is 0 Å². The third-order valence-electron chi connectivity index (χ3n) is 1.66. The van der Waals surface area contributed by atoms with Gasteiger partial charge in [0.1, 0.15) is 0 Å². The molecule has 0 fully saturated rings. The van der Waals surface area contributed by atoms with Crippen LogP contribution in [0.1, 0.15) is 6.92 Å². The molecule has 3 heteroatoms. The fraction of sp³-hybridized carbons (Fsp3) is 0.111. The Balaban J connectivity index is 2.86. The number of nitrogens with two attached hydrogens (primary N) is 2. The van der Waals surface area contributed by atoms with Crippen LogP contribution in [0.3, 0.4) is 0 Å². The molecule has 1 aromatic rings. The Morgan fingerprint density at radius 2 is 1.92 bits per heavy atom. The Labute approximate surface area is 72.2 Å². The van der Waals surface area contributed by atoms with Gasteiger partial charge in [-0.15, -0.1) is 0 Å². The smallest absolute Gasteiger partial charge is 0.0571 e. The first kappa shape index (κ1) is 8.62. The minimum Gasteiger partial charge on any atom is -0.403 e. The van der Waals surface area contributed by atoms with Gasteiger partial charge in [0.15, 0.2) is 0 Å². The molecule has 0 saturated heterocycles. The van der Waals surface area contributed by atoms with Crippen molar-refractivity contribution in [1.82, 2.24) is 0 Å². The molecule has 3 nitrogen and oxygen atoms in total. The molecule has 0 aliphatic heterocycles. The van der Waals surface area contributed by atoms with Gasteiger partial charge in [-0.05, 0) is 19.1 Å². The quantitative estimate of drug-likeness (QED) is 0.508. The molecular formula is C9H13N3. The second-order valence-corrected chi connectivity index (χ2v) is 2.51. The number of hydrogen-bond donors (Lipinski definition) is 2. The van der Waals surface area contributed by atoms with Crippen LogP contribution in [0.25, 0.3) is 0 Å². The van der Waals surface area contributed by atoms with Crippen LogP contribution in [-0.2, 0) is 0 Å². The largest absolute Gasteiger partial charge is 0.403 e. The average Bonchev–Trinajstić information content (AvgIpc) is 2.17. The standard InChI is InChI=1S/C9H13N3/c1-8(7-10)12(11)9-5-3-2-4-6-9/h2-7H,10-11H2,1H3/b8-7-. The van der Waals surface area contributed by atoms with Gasteiger partial charge in [-0.2, -0.15) is 0 Å². The lowest BCUT2D eigenvalue weighted by Crippen LogP contribution is -2.29. The predicted octanol–water partition coefficient (Wildman–Crippen LogP) is 1.19. The maximum Gasteiger partial charge on any atom is 0.0571 e. The molecule has 0 heterocycles. The summed E-state index contributed by atoms with van der Waals surface area (Å²) in [6.45, 7) is 1.85. The molecule has 1 aromatic carbocycles. The molecule has 12 heavy (non-hydrogen) atoms. The summed E-state index contributed by atoms with van der Waals surface area (Å²) in [5.41, 5.74) is 7.07. The van der Waals surface area contributed by atoms with E-state index >= 15 is 0 Å². The molecule has 0 bridgehead atoms. The molecule has 0 radical (unpaired) electrons. The monoisotopic (exact) mass is 163 g/mol. The van der Waals surface area contributed by atoms with Crippen molar-refractivity contribution in [3.8, 4) is 0 Å². The van der Waals surface area contributed by atoms with Gasteiger partial charge in [0, 0.05) is 11.9 Å². The Kier molecular flexibility index (Phi) is 2.71. The van der Waals surface area contributed by atoms with E-state index in [1.54, 1.807) is 5.01 Å². The summed E-state index contributed by atoms with van der Waals surface area (Å²) in [5, 5.41) is 1.54. The summed E-state index contributed by atoms with van der Waals surface area (Å²) in [7, 11) is 0. The first-order chi connectivity index (χ1) is 5.75. The normalized spacial score (nSPS) is 11.3. The number of nitrogens with zero attached hydrogens (tertiary/aromatic N) is 1. The van der Waals surface area contributed by atoms with E-state index in [0.29, 0.717) is 0 Å². The zero-order valence-electron chi connectivity index (χ0n) is 7.07. The highest BCUT2D eigenvalue weighted by atomic mass is 15.4. The first-order valence-corrected chi connectivity index (χ1v) is 3.74. The molecule has 0 aliphatic carbocycles. The molecule has 0 atom stereocenters. The Morgan fingerprint density at radius 3 is 2.42 bits per heavy atom. The lowest BCUT2D eigenvalue weighted by molar-refractivity contribution is 0.988. The summed E-state index contributed by atoms with van der Waals surface area (Å²) in [5.74, 6) is 5.73. The molecule has 1 rings (SSSR count). The molecule has 0 aliphatic rings. The van der Waals surface area contributed by atoms with Gasteiger partial charge in [-0.1, -0.05) is 18.2 Å². The van der Waals surface area contributed by atoms with Crippen LogP contribution in [0, 0.1) is 0 Å². The van der Waals surface area contributed by atoms with Crippen LogP contribution in [0.2, 0.25) is 0 Å². The minimum absolute atomic E-state index is 0.821. The molecule has 4 N–H and O–H groups in total. The maximum absolute atomic E-state index is 5.73. The Hall–Kier alpha value is -1.48. The van der Waals surface area contributed by atoms with E-state index in [4.69, 9.17) is 11.6 Å². The topological polar surface area (TPSA) is 55.3 Å². The van der Waals surface area contributed by atoms with E-state index in [9.17, 15) is 0 Å². The fourth-order valence-corrected chi connectivity index (χ4v) is 0.873. The second kappa shape index (κ2) is 3.78.